The van der Waals surface area contributed by atoms with Crippen LogP contribution in [0.3, 0.4) is 0 Å². The number of nitrogens with one attached hydrogen (secondary N) is 1. The highest BCUT2D eigenvalue weighted by atomic mass is 19.4. The fraction of sp³-hybridized carbons (Fsp3) is 0.235. The molecule has 1 aliphatic heterocycles. The summed E-state index contributed by atoms with van der Waals surface area (Å²) in [4.78, 5) is 25.3. The number of aliphatic hydroxyl groups excluding tert-OH is 1. The molecule has 1 heterocycles. The fourth-order valence-electron chi connectivity index (χ4n) is 5.35. The maximum Gasteiger partial charge on any atom is 0.416 e. The van der Waals surface area contributed by atoms with Gasteiger partial charge in [-0.2, -0.15) is 13.2 Å². The van der Waals surface area contributed by atoms with Gasteiger partial charge in [-0.3, -0.25) is 4.79 Å². The summed E-state index contributed by atoms with van der Waals surface area (Å²) in [5, 5.41) is 19.5. The molecule has 0 aromatic heterocycles. The second kappa shape index (κ2) is 15.3. The van der Waals surface area contributed by atoms with E-state index in [4.69, 9.17) is 19.6 Å². The number of hydrogen-bond acceptors (Lipinski definition) is 7. The summed E-state index contributed by atoms with van der Waals surface area (Å²) in [5.74, 6) is -0.0404. The van der Waals surface area contributed by atoms with Crippen LogP contribution in [0.5, 0.6) is 5.75 Å². The van der Waals surface area contributed by atoms with Gasteiger partial charge in [0.15, 0.2) is 11.6 Å². The van der Waals surface area contributed by atoms with Gasteiger partial charge in [-0.1, -0.05) is 70.9 Å². The number of ether oxygens (including phenoxy) is 2. The first-order chi connectivity index (χ1) is 23.7. The molecular formula is C34H29F3N8O4. The summed E-state index contributed by atoms with van der Waals surface area (Å²) in [6.07, 6.45) is -5.40. The Morgan fingerprint density at radius 3 is 2.27 bits per heavy atom. The quantitative estimate of drug-likeness (QED) is 0.0631. The maximum atomic E-state index is 14.5. The number of hydrogen-bond donors (Lipinski definition) is 2. The average molecular weight is 671 g/mol. The monoisotopic (exact) mass is 670 g/mol. The van der Waals surface area contributed by atoms with E-state index >= 15 is 0 Å². The molecule has 0 aliphatic carbocycles. The number of amides is 1. The Kier molecular flexibility index (Phi) is 10.7. The Balaban J connectivity index is 1.62. The van der Waals surface area contributed by atoms with E-state index in [9.17, 15) is 29.0 Å². The van der Waals surface area contributed by atoms with Crippen molar-refractivity contribution in [2.24, 2.45) is 15.2 Å². The van der Waals surface area contributed by atoms with Crippen LogP contribution in [0.2, 0.25) is 0 Å². The van der Waals surface area contributed by atoms with Gasteiger partial charge in [0.05, 0.1) is 12.2 Å². The van der Waals surface area contributed by atoms with E-state index in [1.54, 1.807) is 72.8 Å². The number of halogens is 3. The van der Waals surface area contributed by atoms with Gasteiger partial charge in [-0.05, 0) is 58.6 Å². The summed E-state index contributed by atoms with van der Waals surface area (Å²) in [7, 11) is 0. The van der Waals surface area contributed by atoms with E-state index in [-0.39, 0.29) is 36.8 Å². The van der Waals surface area contributed by atoms with Crippen LogP contribution in [0.4, 0.5) is 24.5 Å². The molecule has 4 aromatic carbocycles. The lowest BCUT2D eigenvalue weighted by Crippen LogP contribution is -2.49. The van der Waals surface area contributed by atoms with E-state index in [1.807, 2.05) is 0 Å². The number of benzene rings is 4. The average Bonchev–Trinajstić information content (AvgIpc) is 3.49. The maximum absolute atomic E-state index is 14.5. The van der Waals surface area contributed by atoms with E-state index in [0.717, 1.165) is 12.1 Å². The number of aliphatic imine (C=N–C) groups is 1. The molecule has 0 spiro atoms. The van der Waals surface area contributed by atoms with Crippen LogP contribution < -0.4 is 10.1 Å². The van der Waals surface area contributed by atoms with Crippen molar-refractivity contribution in [2.75, 3.05) is 13.2 Å². The molecule has 0 unspecified atom stereocenters. The summed E-state index contributed by atoms with van der Waals surface area (Å²) >= 11 is 0. The minimum absolute atomic E-state index is 0.0206. The minimum Gasteiger partial charge on any atom is -0.494 e. The molecule has 12 nitrogen and oxygen atoms in total. The largest absolute Gasteiger partial charge is 0.494 e. The van der Waals surface area contributed by atoms with Crippen LogP contribution in [0.15, 0.2) is 112 Å². The third kappa shape index (κ3) is 7.94. The molecule has 2 N–H and O–H groups in total. The van der Waals surface area contributed by atoms with Crippen molar-refractivity contribution in [3.8, 4) is 5.75 Å². The van der Waals surface area contributed by atoms with Gasteiger partial charge in [0.1, 0.15) is 5.75 Å². The highest BCUT2D eigenvalue weighted by Crippen LogP contribution is 2.46. The summed E-state index contributed by atoms with van der Waals surface area (Å²) in [6, 6.07) is 24.3. The number of aliphatic hydroxyl groups is 1. The second-order valence-electron chi connectivity index (χ2n) is 10.9. The van der Waals surface area contributed by atoms with Crippen molar-refractivity contribution in [3.63, 3.8) is 0 Å². The summed E-state index contributed by atoms with van der Waals surface area (Å²) in [5.41, 5.74) is 18.1. The fourth-order valence-corrected chi connectivity index (χ4v) is 5.35. The lowest BCUT2D eigenvalue weighted by atomic mass is 9.81. The molecule has 0 saturated carbocycles. The van der Waals surface area contributed by atoms with Gasteiger partial charge in [0.25, 0.3) is 5.91 Å². The van der Waals surface area contributed by atoms with Gasteiger partial charge in [0, 0.05) is 58.3 Å². The Bertz CT molecular complexity index is 1920. The molecular weight excluding hydrogens is 641 g/mol. The first kappa shape index (κ1) is 34.3. The zero-order chi connectivity index (χ0) is 34.9. The smallest absolute Gasteiger partial charge is 0.416 e. The van der Waals surface area contributed by atoms with Gasteiger partial charge >= 0.3 is 6.18 Å². The standard InChI is InChI=1S/C34H29F3N8O4/c35-34(36,37)25-14-10-22(11-15-25)21-40-32(47)33(20-24-6-1-3-8-28(24)42-44-38)30(27-7-2-4-9-29(27)43-45-39)49-31(41-33)23-12-16-26(17-13-23)48-19-5-18-46/h1-4,6-17,30,46H,5,18-21H2,(H,40,47)/t30-,33-/m1/s1. The minimum atomic E-state index is -4.52. The van der Waals surface area contributed by atoms with Gasteiger partial charge in [-0.15, -0.1) is 0 Å². The number of carbonyl (C=O) groups is 1. The number of rotatable bonds is 13. The normalized spacial score (nSPS) is 16.8. The second-order valence-corrected chi connectivity index (χ2v) is 10.9. The Morgan fingerprint density at radius 2 is 1.59 bits per heavy atom. The molecule has 1 amide bonds. The number of nitrogens with zero attached hydrogens (tertiary/aromatic N) is 7. The third-order valence-corrected chi connectivity index (χ3v) is 7.74. The molecule has 0 radical (unpaired) electrons. The number of azide groups is 2. The zero-order valence-corrected chi connectivity index (χ0v) is 25.8. The van der Waals surface area contributed by atoms with E-state index < -0.39 is 29.3 Å². The molecule has 49 heavy (non-hydrogen) atoms. The van der Waals surface area contributed by atoms with Crippen LogP contribution in [-0.2, 0) is 28.7 Å². The highest BCUT2D eigenvalue weighted by molar-refractivity contribution is 6.01. The van der Waals surface area contributed by atoms with Crippen molar-refractivity contribution in [1.82, 2.24) is 5.32 Å². The molecule has 2 atom stereocenters. The first-order valence-electron chi connectivity index (χ1n) is 15.0. The SMILES string of the molecule is [N-]=[N+]=Nc1ccccc1C[C@@]1(C(=O)NCc2ccc(C(F)(F)F)cc2)N=C(c2ccc(OCCCO)cc2)O[C@@H]1c1ccccc1N=[N+]=[N-]. The lowest BCUT2D eigenvalue weighted by molar-refractivity contribution is -0.137. The van der Waals surface area contributed by atoms with Crippen LogP contribution in [0.1, 0.15) is 40.3 Å². The molecule has 15 heteroatoms. The Hall–Kier alpha value is -6.01. The molecule has 0 fully saturated rings. The predicted molar refractivity (Wildman–Crippen MR) is 174 cm³/mol. The van der Waals surface area contributed by atoms with E-state index in [2.05, 4.69) is 25.4 Å². The summed E-state index contributed by atoms with van der Waals surface area (Å²) < 4.78 is 51.6. The highest BCUT2D eigenvalue weighted by Gasteiger charge is 2.54. The van der Waals surface area contributed by atoms with Crippen molar-refractivity contribution in [1.29, 1.82) is 0 Å². The number of carbonyl (C=O) groups excluding carboxylic acids is 1. The van der Waals surface area contributed by atoms with E-state index in [0.29, 0.717) is 41.0 Å². The first-order valence-corrected chi connectivity index (χ1v) is 15.0. The van der Waals surface area contributed by atoms with Gasteiger partial charge < -0.3 is 19.9 Å². The molecule has 0 bridgehead atoms. The molecule has 0 saturated heterocycles. The summed E-state index contributed by atoms with van der Waals surface area (Å²) in [6.45, 7) is 0.137. The van der Waals surface area contributed by atoms with Gasteiger partial charge in [0.2, 0.25) is 5.90 Å². The van der Waals surface area contributed by atoms with E-state index in [1.165, 1.54) is 12.1 Å². The van der Waals surface area contributed by atoms with Crippen LogP contribution in [0.25, 0.3) is 20.9 Å². The van der Waals surface area contributed by atoms with Crippen molar-refractivity contribution < 1.29 is 32.5 Å². The van der Waals surface area contributed by atoms with Crippen LogP contribution in [0, 0.1) is 0 Å². The van der Waals surface area contributed by atoms with Crippen LogP contribution >= 0.6 is 0 Å². The van der Waals surface area contributed by atoms with Crippen molar-refractivity contribution in [3.05, 3.63) is 146 Å². The lowest BCUT2D eigenvalue weighted by Gasteiger charge is -2.32. The predicted octanol–water partition coefficient (Wildman–Crippen LogP) is 8.17. The topological polar surface area (TPSA) is 178 Å². The van der Waals surface area contributed by atoms with Gasteiger partial charge in [-0.25, -0.2) is 4.99 Å². The van der Waals surface area contributed by atoms with Crippen LogP contribution in [-0.4, -0.2) is 35.7 Å². The zero-order valence-electron chi connectivity index (χ0n) is 25.8. The molecule has 4 aromatic rings. The van der Waals surface area contributed by atoms with Crippen molar-refractivity contribution >= 4 is 23.2 Å². The molecule has 1 aliphatic rings. The third-order valence-electron chi connectivity index (χ3n) is 7.74. The van der Waals surface area contributed by atoms with Crippen molar-refractivity contribution in [2.45, 2.75) is 37.2 Å². The molecule has 5 rings (SSSR count). The Labute approximate surface area is 278 Å². The number of alkyl halides is 3. The molecule has 250 valence electrons. The Morgan fingerprint density at radius 1 is 0.939 bits per heavy atom.